The zero-order chi connectivity index (χ0) is 25.7. The molecule has 1 aliphatic rings. The topological polar surface area (TPSA) is 79.4 Å². The summed E-state index contributed by atoms with van der Waals surface area (Å²) < 4.78 is 39.3. The number of sulfonamides is 1. The first-order valence-corrected chi connectivity index (χ1v) is 13.2. The molecule has 0 spiro atoms. The number of amides is 1. The van der Waals surface area contributed by atoms with Gasteiger partial charge in [0.25, 0.3) is 10.0 Å². The van der Waals surface area contributed by atoms with E-state index in [9.17, 15) is 13.2 Å². The fourth-order valence-electron chi connectivity index (χ4n) is 4.19. The predicted octanol–water partition coefficient (Wildman–Crippen LogP) is 3.90. The molecule has 10 heteroatoms. The molecular formula is C26H28ClN3O5S. The Kier molecular flexibility index (Phi) is 7.91. The summed E-state index contributed by atoms with van der Waals surface area (Å²) in [5.74, 6) is 0.759. The maximum Gasteiger partial charge on any atom is 0.264 e. The fourth-order valence-corrected chi connectivity index (χ4v) is 5.79. The van der Waals surface area contributed by atoms with Crippen LogP contribution in [0.2, 0.25) is 5.02 Å². The highest BCUT2D eigenvalue weighted by Gasteiger charge is 2.32. The molecule has 0 atom stereocenters. The third kappa shape index (κ3) is 5.37. The summed E-state index contributed by atoms with van der Waals surface area (Å²) in [6.07, 6.45) is 0. The summed E-state index contributed by atoms with van der Waals surface area (Å²) in [4.78, 5) is 17.3. The molecule has 0 saturated carbocycles. The molecule has 1 saturated heterocycles. The molecule has 1 amide bonds. The van der Waals surface area contributed by atoms with Crippen molar-refractivity contribution >= 4 is 38.9 Å². The van der Waals surface area contributed by atoms with Crippen LogP contribution in [0.4, 0.5) is 11.4 Å². The Balaban J connectivity index is 1.58. The summed E-state index contributed by atoms with van der Waals surface area (Å²) in [5, 5.41) is 0.330. The van der Waals surface area contributed by atoms with Gasteiger partial charge in [-0.3, -0.25) is 9.10 Å². The van der Waals surface area contributed by atoms with Gasteiger partial charge in [0.2, 0.25) is 5.91 Å². The lowest BCUT2D eigenvalue weighted by molar-refractivity contribution is -0.129. The van der Waals surface area contributed by atoms with Crippen molar-refractivity contribution in [2.24, 2.45) is 0 Å². The quantitative estimate of drug-likeness (QED) is 0.440. The van der Waals surface area contributed by atoms with Crippen LogP contribution in [0, 0.1) is 0 Å². The Morgan fingerprint density at radius 3 is 2.19 bits per heavy atom. The van der Waals surface area contributed by atoms with E-state index in [4.69, 9.17) is 21.1 Å². The standard InChI is InChI=1S/C26H28ClN3O5S/c1-34-24-11-7-6-10-22(24)28-14-16-29(17-15-28)26(31)19-30(23-18-20(27)12-13-25(23)35-2)36(32,33)21-8-4-3-5-9-21/h3-13,18H,14-17,19H2,1-2H3. The van der Waals surface area contributed by atoms with E-state index in [0.717, 1.165) is 15.7 Å². The summed E-state index contributed by atoms with van der Waals surface area (Å²) >= 11 is 6.21. The van der Waals surface area contributed by atoms with Gasteiger partial charge >= 0.3 is 0 Å². The van der Waals surface area contributed by atoms with Gasteiger partial charge in [0.15, 0.2) is 0 Å². The Morgan fingerprint density at radius 2 is 1.53 bits per heavy atom. The number of nitrogens with zero attached hydrogens (tertiary/aromatic N) is 3. The van der Waals surface area contributed by atoms with Crippen molar-refractivity contribution in [2.75, 3.05) is 56.1 Å². The summed E-state index contributed by atoms with van der Waals surface area (Å²) in [7, 11) is -1.01. The summed E-state index contributed by atoms with van der Waals surface area (Å²) in [6.45, 7) is 1.70. The van der Waals surface area contributed by atoms with E-state index < -0.39 is 10.0 Å². The number of ether oxygens (including phenoxy) is 2. The highest BCUT2D eigenvalue weighted by molar-refractivity contribution is 7.92. The number of methoxy groups -OCH3 is 2. The molecule has 0 unspecified atom stereocenters. The first-order chi connectivity index (χ1) is 17.3. The van der Waals surface area contributed by atoms with Crippen molar-refractivity contribution in [3.8, 4) is 11.5 Å². The number of piperazine rings is 1. The normalized spacial score (nSPS) is 13.9. The molecule has 3 aromatic carbocycles. The monoisotopic (exact) mass is 529 g/mol. The molecule has 3 aromatic rings. The minimum Gasteiger partial charge on any atom is -0.495 e. The van der Waals surface area contributed by atoms with E-state index in [2.05, 4.69) is 4.90 Å². The van der Waals surface area contributed by atoms with Gasteiger partial charge in [-0.15, -0.1) is 0 Å². The summed E-state index contributed by atoms with van der Waals surface area (Å²) in [6, 6.07) is 20.4. The molecule has 1 heterocycles. The minimum absolute atomic E-state index is 0.0702. The average Bonchev–Trinajstić information content (AvgIpc) is 2.92. The van der Waals surface area contributed by atoms with Gasteiger partial charge in [-0.25, -0.2) is 8.42 Å². The third-order valence-electron chi connectivity index (χ3n) is 6.08. The number of hydrogen-bond donors (Lipinski definition) is 0. The summed E-state index contributed by atoms with van der Waals surface area (Å²) in [5.41, 5.74) is 1.17. The fraction of sp³-hybridized carbons (Fsp3) is 0.269. The van der Waals surface area contributed by atoms with Crippen molar-refractivity contribution in [3.63, 3.8) is 0 Å². The highest BCUT2D eigenvalue weighted by Crippen LogP contribution is 2.35. The maximum atomic E-state index is 13.7. The smallest absolute Gasteiger partial charge is 0.264 e. The third-order valence-corrected chi connectivity index (χ3v) is 8.09. The number of para-hydroxylation sites is 2. The van der Waals surface area contributed by atoms with Gasteiger partial charge in [-0.05, 0) is 42.5 Å². The SMILES string of the molecule is COc1ccccc1N1CCN(C(=O)CN(c2cc(Cl)ccc2OC)S(=O)(=O)c2ccccc2)CC1. The van der Waals surface area contributed by atoms with Gasteiger partial charge in [0.05, 0.1) is 30.5 Å². The van der Waals surface area contributed by atoms with Crippen LogP contribution >= 0.6 is 11.6 Å². The lowest BCUT2D eigenvalue weighted by Crippen LogP contribution is -2.52. The van der Waals surface area contributed by atoms with Gasteiger partial charge in [0, 0.05) is 31.2 Å². The van der Waals surface area contributed by atoms with E-state index in [1.54, 1.807) is 42.3 Å². The molecule has 36 heavy (non-hydrogen) atoms. The van der Waals surface area contributed by atoms with E-state index in [-0.39, 0.29) is 23.0 Å². The number of benzene rings is 3. The molecule has 190 valence electrons. The Hall–Kier alpha value is -3.43. The number of anilines is 2. The van der Waals surface area contributed by atoms with Crippen LogP contribution in [0.15, 0.2) is 77.7 Å². The lowest BCUT2D eigenvalue weighted by atomic mass is 10.2. The van der Waals surface area contributed by atoms with Crippen molar-refractivity contribution in [1.29, 1.82) is 0 Å². The number of rotatable bonds is 8. The molecule has 0 aliphatic carbocycles. The molecule has 1 fully saturated rings. The van der Waals surface area contributed by atoms with Crippen LogP contribution in [0.1, 0.15) is 0 Å². The number of carbonyl (C=O) groups excluding carboxylic acids is 1. The van der Waals surface area contributed by atoms with Crippen LogP contribution in [0.5, 0.6) is 11.5 Å². The second-order valence-corrected chi connectivity index (χ2v) is 10.5. The molecule has 1 aliphatic heterocycles. The van der Waals surface area contributed by atoms with E-state index >= 15 is 0 Å². The van der Waals surface area contributed by atoms with E-state index in [1.165, 1.54) is 25.3 Å². The molecular weight excluding hydrogens is 502 g/mol. The lowest BCUT2D eigenvalue weighted by Gasteiger charge is -2.37. The first-order valence-electron chi connectivity index (χ1n) is 11.4. The molecule has 0 aromatic heterocycles. The van der Waals surface area contributed by atoms with Crippen LogP contribution in [0.25, 0.3) is 0 Å². The van der Waals surface area contributed by atoms with Gasteiger partial charge in [-0.2, -0.15) is 0 Å². The van der Waals surface area contributed by atoms with Crippen molar-refractivity contribution in [2.45, 2.75) is 4.90 Å². The Morgan fingerprint density at radius 1 is 0.889 bits per heavy atom. The first kappa shape index (κ1) is 25.7. The zero-order valence-electron chi connectivity index (χ0n) is 20.1. The van der Waals surface area contributed by atoms with E-state index in [1.807, 2.05) is 24.3 Å². The second-order valence-electron chi connectivity index (χ2n) is 8.18. The molecule has 0 N–H and O–H groups in total. The minimum atomic E-state index is -4.08. The Labute approximate surface area is 216 Å². The van der Waals surface area contributed by atoms with Crippen molar-refractivity contribution < 1.29 is 22.7 Å². The largest absolute Gasteiger partial charge is 0.495 e. The van der Waals surface area contributed by atoms with Gasteiger partial charge in [-0.1, -0.05) is 41.9 Å². The van der Waals surface area contributed by atoms with Gasteiger partial charge in [0.1, 0.15) is 18.0 Å². The maximum absolute atomic E-state index is 13.7. The van der Waals surface area contributed by atoms with E-state index in [0.29, 0.717) is 37.0 Å². The van der Waals surface area contributed by atoms with Crippen molar-refractivity contribution in [1.82, 2.24) is 4.90 Å². The van der Waals surface area contributed by atoms with Gasteiger partial charge < -0.3 is 19.3 Å². The molecule has 0 bridgehead atoms. The number of carbonyl (C=O) groups is 1. The molecule has 8 nitrogen and oxygen atoms in total. The number of halogens is 1. The van der Waals surface area contributed by atoms with Crippen LogP contribution in [0.3, 0.4) is 0 Å². The molecule has 0 radical (unpaired) electrons. The molecule has 4 rings (SSSR count). The zero-order valence-corrected chi connectivity index (χ0v) is 21.7. The highest BCUT2D eigenvalue weighted by atomic mass is 35.5. The van der Waals surface area contributed by atoms with Crippen molar-refractivity contribution in [3.05, 3.63) is 77.8 Å². The average molecular weight is 530 g/mol. The Bertz CT molecular complexity index is 1310. The van der Waals surface area contributed by atoms with Crippen LogP contribution < -0.4 is 18.7 Å². The number of hydrogen-bond acceptors (Lipinski definition) is 6. The van der Waals surface area contributed by atoms with Crippen LogP contribution in [-0.4, -0.2) is 66.2 Å². The predicted molar refractivity (Wildman–Crippen MR) is 141 cm³/mol. The second kappa shape index (κ2) is 11.1. The van der Waals surface area contributed by atoms with Crippen LogP contribution in [-0.2, 0) is 14.8 Å².